The van der Waals surface area contributed by atoms with E-state index in [1.54, 1.807) is 14.2 Å². The Morgan fingerprint density at radius 3 is 2.58 bits per heavy atom. The third-order valence-electron chi connectivity index (χ3n) is 3.70. The predicted molar refractivity (Wildman–Crippen MR) is 97.8 cm³/mol. The molecule has 1 heterocycles. The van der Waals surface area contributed by atoms with Crippen molar-refractivity contribution >= 4 is 17.5 Å². The number of ether oxygens (including phenoxy) is 2. The smallest absolute Gasteiger partial charge is 0.227 e. The van der Waals surface area contributed by atoms with Gasteiger partial charge in [0.15, 0.2) is 0 Å². The van der Waals surface area contributed by atoms with Crippen LogP contribution in [0.25, 0.3) is 0 Å². The number of methoxy groups -OCH3 is 2. The molecular formula is C18H26N4O2. The molecule has 0 radical (unpaired) electrons. The summed E-state index contributed by atoms with van der Waals surface area (Å²) in [6.07, 6.45) is 2.26. The highest BCUT2D eigenvalue weighted by molar-refractivity contribution is 5.66. The first-order chi connectivity index (χ1) is 11.6. The molecule has 1 N–H and O–H groups in total. The molecule has 1 aromatic carbocycles. The molecule has 0 amide bonds. The third-order valence-corrected chi connectivity index (χ3v) is 3.70. The van der Waals surface area contributed by atoms with Gasteiger partial charge in [-0.3, -0.25) is 0 Å². The zero-order valence-electron chi connectivity index (χ0n) is 15.1. The summed E-state index contributed by atoms with van der Waals surface area (Å²) in [5.41, 5.74) is 1.75. The molecule has 1 aromatic heterocycles. The average Bonchev–Trinajstić information content (AvgIpc) is 2.59. The SMILES string of the molecule is CCCCN(C)c1nc(C)cc(Nc2ccc(OC)cc2OC)n1. The van der Waals surface area contributed by atoms with Crippen LogP contribution in [0.3, 0.4) is 0 Å². The van der Waals surface area contributed by atoms with E-state index in [1.807, 2.05) is 38.2 Å². The highest BCUT2D eigenvalue weighted by atomic mass is 16.5. The van der Waals surface area contributed by atoms with Crippen molar-refractivity contribution in [2.24, 2.45) is 0 Å². The quantitative estimate of drug-likeness (QED) is 0.795. The summed E-state index contributed by atoms with van der Waals surface area (Å²) in [5.74, 6) is 2.91. The van der Waals surface area contributed by atoms with Crippen molar-refractivity contribution in [2.75, 3.05) is 38.0 Å². The van der Waals surface area contributed by atoms with Crippen molar-refractivity contribution in [3.05, 3.63) is 30.0 Å². The maximum absolute atomic E-state index is 5.42. The molecule has 130 valence electrons. The molecule has 6 nitrogen and oxygen atoms in total. The monoisotopic (exact) mass is 330 g/mol. The van der Waals surface area contributed by atoms with Gasteiger partial charge in [-0.25, -0.2) is 4.98 Å². The molecule has 2 aromatic rings. The Morgan fingerprint density at radius 2 is 1.92 bits per heavy atom. The maximum Gasteiger partial charge on any atom is 0.227 e. The predicted octanol–water partition coefficient (Wildman–Crippen LogP) is 3.78. The van der Waals surface area contributed by atoms with Gasteiger partial charge in [-0.1, -0.05) is 13.3 Å². The molecule has 24 heavy (non-hydrogen) atoms. The number of aryl methyl sites for hydroxylation is 1. The highest BCUT2D eigenvalue weighted by Crippen LogP contribution is 2.31. The van der Waals surface area contributed by atoms with Gasteiger partial charge >= 0.3 is 0 Å². The van der Waals surface area contributed by atoms with E-state index in [1.165, 1.54) is 0 Å². The van der Waals surface area contributed by atoms with Crippen molar-refractivity contribution in [3.8, 4) is 11.5 Å². The fraction of sp³-hybridized carbons (Fsp3) is 0.444. The van der Waals surface area contributed by atoms with Gasteiger partial charge in [0.1, 0.15) is 17.3 Å². The van der Waals surface area contributed by atoms with Crippen LogP contribution in [-0.2, 0) is 0 Å². The van der Waals surface area contributed by atoms with Gasteiger partial charge in [-0.2, -0.15) is 4.98 Å². The molecule has 0 aliphatic rings. The zero-order valence-corrected chi connectivity index (χ0v) is 15.1. The zero-order chi connectivity index (χ0) is 17.5. The van der Waals surface area contributed by atoms with Crippen molar-refractivity contribution < 1.29 is 9.47 Å². The molecular weight excluding hydrogens is 304 g/mol. The summed E-state index contributed by atoms with van der Waals surface area (Å²) >= 11 is 0. The molecule has 2 rings (SSSR count). The molecule has 6 heteroatoms. The van der Waals surface area contributed by atoms with Gasteiger partial charge in [-0.05, 0) is 25.5 Å². The Kier molecular flexibility index (Phi) is 6.23. The van der Waals surface area contributed by atoms with E-state index in [2.05, 4.69) is 27.1 Å². The minimum Gasteiger partial charge on any atom is -0.497 e. The Hall–Kier alpha value is -2.50. The molecule has 0 spiro atoms. The van der Waals surface area contributed by atoms with Crippen LogP contribution in [0.15, 0.2) is 24.3 Å². The van der Waals surface area contributed by atoms with Gasteiger partial charge in [0, 0.05) is 31.4 Å². The molecule has 0 fully saturated rings. The van der Waals surface area contributed by atoms with Crippen LogP contribution >= 0.6 is 0 Å². The number of unbranched alkanes of at least 4 members (excludes halogenated alkanes) is 1. The van der Waals surface area contributed by atoms with Crippen LogP contribution in [0.4, 0.5) is 17.5 Å². The molecule has 0 aliphatic heterocycles. The fourth-order valence-corrected chi connectivity index (χ4v) is 2.32. The van der Waals surface area contributed by atoms with Crippen LogP contribution < -0.4 is 19.7 Å². The fourth-order valence-electron chi connectivity index (χ4n) is 2.32. The standard InChI is InChI=1S/C18H26N4O2/c1-6-7-10-22(3)18-19-13(2)11-17(21-18)20-15-9-8-14(23-4)12-16(15)24-5/h8-9,11-12H,6-7,10H2,1-5H3,(H,19,20,21). The molecule has 0 atom stereocenters. The van der Waals surface area contributed by atoms with E-state index in [-0.39, 0.29) is 0 Å². The minimum absolute atomic E-state index is 0.700. The largest absolute Gasteiger partial charge is 0.497 e. The summed E-state index contributed by atoms with van der Waals surface area (Å²) in [4.78, 5) is 11.2. The van der Waals surface area contributed by atoms with Gasteiger partial charge < -0.3 is 19.7 Å². The van der Waals surface area contributed by atoms with Gasteiger partial charge in [0.2, 0.25) is 5.95 Å². The molecule has 0 unspecified atom stereocenters. The molecule has 0 saturated heterocycles. The Bertz CT molecular complexity index is 676. The van der Waals surface area contributed by atoms with E-state index in [4.69, 9.17) is 9.47 Å². The molecule has 0 aliphatic carbocycles. The van der Waals surface area contributed by atoms with Crippen molar-refractivity contribution in [2.45, 2.75) is 26.7 Å². The van der Waals surface area contributed by atoms with Crippen molar-refractivity contribution in [1.29, 1.82) is 0 Å². The topological polar surface area (TPSA) is 59.5 Å². The lowest BCUT2D eigenvalue weighted by Gasteiger charge is -2.18. The third kappa shape index (κ3) is 4.50. The Morgan fingerprint density at radius 1 is 1.12 bits per heavy atom. The van der Waals surface area contributed by atoms with Gasteiger partial charge in [-0.15, -0.1) is 0 Å². The second kappa shape index (κ2) is 8.38. The van der Waals surface area contributed by atoms with Crippen LogP contribution in [-0.4, -0.2) is 37.8 Å². The summed E-state index contributed by atoms with van der Waals surface area (Å²) in [5, 5.41) is 3.31. The second-order valence-corrected chi connectivity index (χ2v) is 5.66. The van der Waals surface area contributed by atoms with Crippen LogP contribution in [0, 0.1) is 6.92 Å². The first-order valence-electron chi connectivity index (χ1n) is 8.13. The van der Waals surface area contributed by atoms with E-state index < -0.39 is 0 Å². The Balaban J connectivity index is 2.25. The number of benzene rings is 1. The lowest BCUT2D eigenvalue weighted by Crippen LogP contribution is -2.21. The number of hydrogen-bond acceptors (Lipinski definition) is 6. The summed E-state index contributed by atoms with van der Waals surface area (Å²) in [6, 6.07) is 7.55. The lowest BCUT2D eigenvalue weighted by molar-refractivity contribution is 0.395. The first kappa shape index (κ1) is 17.8. The van der Waals surface area contributed by atoms with Crippen molar-refractivity contribution in [3.63, 3.8) is 0 Å². The van der Waals surface area contributed by atoms with Crippen LogP contribution in [0.1, 0.15) is 25.5 Å². The average molecular weight is 330 g/mol. The van der Waals surface area contributed by atoms with Gasteiger partial charge in [0.05, 0.1) is 19.9 Å². The molecule has 0 saturated carbocycles. The van der Waals surface area contributed by atoms with Crippen LogP contribution in [0.2, 0.25) is 0 Å². The molecule has 0 bridgehead atoms. The van der Waals surface area contributed by atoms with E-state index >= 15 is 0 Å². The summed E-state index contributed by atoms with van der Waals surface area (Å²) in [6.45, 7) is 5.08. The minimum atomic E-state index is 0.700. The van der Waals surface area contributed by atoms with E-state index in [0.717, 1.165) is 48.3 Å². The van der Waals surface area contributed by atoms with Crippen LogP contribution in [0.5, 0.6) is 11.5 Å². The highest BCUT2D eigenvalue weighted by Gasteiger charge is 2.10. The normalized spacial score (nSPS) is 10.4. The maximum atomic E-state index is 5.42. The number of hydrogen-bond donors (Lipinski definition) is 1. The number of nitrogens with one attached hydrogen (secondary N) is 1. The summed E-state index contributed by atoms with van der Waals surface area (Å²) < 4.78 is 10.7. The van der Waals surface area contributed by atoms with E-state index in [9.17, 15) is 0 Å². The number of nitrogens with zero attached hydrogens (tertiary/aromatic N) is 3. The summed E-state index contributed by atoms with van der Waals surface area (Å²) in [7, 11) is 5.28. The Labute approximate surface area is 143 Å². The van der Waals surface area contributed by atoms with Gasteiger partial charge in [0.25, 0.3) is 0 Å². The number of anilines is 3. The van der Waals surface area contributed by atoms with E-state index in [0.29, 0.717) is 5.75 Å². The number of rotatable bonds is 8. The first-order valence-corrected chi connectivity index (χ1v) is 8.13. The number of aromatic nitrogens is 2. The van der Waals surface area contributed by atoms with Crippen molar-refractivity contribution in [1.82, 2.24) is 9.97 Å². The second-order valence-electron chi connectivity index (χ2n) is 5.66. The lowest BCUT2D eigenvalue weighted by atomic mass is 10.2.